The van der Waals surface area contributed by atoms with Crippen molar-refractivity contribution in [3.05, 3.63) is 0 Å². The number of rotatable bonds is 0. The van der Waals surface area contributed by atoms with Crippen molar-refractivity contribution in [2.75, 3.05) is 0 Å². The van der Waals surface area contributed by atoms with Crippen LogP contribution >= 0.6 is 23.5 Å². The smallest absolute Gasteiger partial charge is 0.0617 e. The third-order valence-electron chi connectivity index (χ3n) is 3.99. The maximum atomic E-state index is 2.38. The van der Waals surface area contributed by atoms with Crippen LogP contribution in [0.1, 0.15) is 57.8 Å². The Morgan fingerprint density at radius 3 is 1.86 bits per heavy atom. The molecule has 0 amide bonds. The van der Waals surface area contributed by atoms with Crippen LogP contribution in [0.3, 0.4) is 0 Å². The molecule has 1 aliphatic heterocycles. The lowest BCUT2D eigenvalue weighted by Crippen LogP contribution is -2.21. The molecule has 2 unspecified atom stereocenters. The van der Waals surface area contributed by atoms with Crippen molar-refractivity contribution in [3.8, 4) is 0 Å². The highest BCUT2D eigenvalue weighted by atomic mass is 32.2. The molecule has 0 aromatic heterocycles. The van der Waals surface area contributed by atoms with Crippen LogP contribution in [-0.4, -0.2) is 14.6 Å². The first-order chi connectivity index (χ1) is 6.88. The third-order valence-corrected chi connectivity index (χ3v) is 8.15. The largest absolute Gasteiger partial charge is 0.140 e. The first kappa shape index (κ1) is 9.89. The van der Waals surface area contributed by atoms with Crippen LogP contribution in [0.4, 0.5) is 0 Å². The van der Waals surface area contributed by atoms with Gasteiger partial charge in [0, 0.05) is 10.5 Å². The predicted molar refractivity (Wildman–Crippen MR) is 67.0 cm³/mol. The van der Waals surface area contributed by atoms with Gasteiger partial charge >= 0.3 is 0 Å². The van der Waals surface area contributed by atoms with E-state index < -0.39 is 0 Å². The van der Waals surface area contributed by atoms with Gasteiger partial charge in [-0.25, -0.2) is 0 Å². The van der Waals surface area contributed by atoms with E-state index in [1.54, 1.807) is 0 Å². The van der Waals surface area contributed by atoms with Crippen LogP contribution in [0.5, 0.6) is 0 Å². The summed E-state index contributed by atoms with van der Waals surface area (Å²) in [5.41, 5.74) is 0. The molecule has 3 fully saturated rings. The zero-order valence-corrected chi connectivity index (χ0v) is 10.5. The topological polar surface area (TPSA) is 0 Å². The van der Waals surface area contributed by atoms with E-state index >= 15 is 0 Å². The summed E-state index contributed by atoms with van der Waals surface area (Å²) < 4.78 is 0.692. The molecule has 1 saturated heterocycles. The zero-order chi connectivity index (χ0) is 9.43. The highest BCUT2D eigenvalue weighted by Crippen LogP contribution is 2.61. The van der Waals surface area contributed by atoms with Crippen molar-refractivity contribution < 1.29 is 0 Å². The fraction of sp³-hybridized carbons (Fsp3) is 1.00. The number of hydrogen-bond acceptors (Lipinski definition) is 2. The predicted octanol–water partition coefficient (Wildman–Crippen LogP) is 4.44. The minimum atomic E-state index is 0.692. The molecule has 80 valence electrons. The fourth-order valence-electron chi connectivity index (χ4n) is 3.24. The SMILES string of the molecule is C1CCC2(CC1)SC1CCCCC1S2. The van der Waals surface area contributed by atoms with Gasteiger partial charge in [-0.3, -0.25) is 0 Å². The van der Waals surface area contributed by atoms with E-state index in [-0.39, 0.29) is 0 Å². The van der Waals surface area contributed by atoms with Crippen LogP contribution in [0.15, 0.2) is 0 Å². The molecule has 2 atom stereocenters. The molecular formula is C12H20S2. The van der Waals surface area contributed by atoms with Crippen LogP contribution in [-0.2, 0) is 0 Å². The van der Waals surface area contributed by atoms with Gasteiger partial charge in [-0.05, 0) is 25.7 Å². The van der Waals surface area contributed by atoms with E-state index in [9.17, 15) is 0 Å². The molecule has 0 aromatic rings. The lowest BCUT2D eigenvalue weighted by molar-refractivity contribution is 0.492. The summed E-state index contributed by atoms with van der Waals surface area (Å²) in [5, 5.41) is 2.07. The minimum Gasteiger partial charge on any atom is -0.140 e. The van der Waals surface area contributed by atoms with Gasteiger partial charge in [-0.1, -0.05) is 32.1 Å². The Balaban J connectivity index is 1.71. The second-order valence-corrected chi connectivity index (χ2v) is 8.57. The quantitative estimate of drug-likeness (QED) is 0.601. The number of thioether (sulfide) groups is 2. The van der Waals surface area contributed by atoms with Crippen molar-refractivity contribution in [2.24, 2.45) is 0 Å². The van der Waals surface area contributed by atoms with E-state index in [4.69, 9.17) is 0 Å². The highest BCUT2D eigenvalue weighted by Gasteiger charge is 2.47. The lowest BCUT2D eigenvalue weighted by Gasteiger charge is -2.31. The highest BCUT2D eigenvalue weighted by molar-refractivity contribution is 8.22. The average molecular weight is 228 g/mol. The number of fused-ring (bicyclic) bond motifs is 1. The lowest BCUT2D eigenvalue weighted by atomic mass is 10.00. The summed E-state index contributed by atoms with van der Waals surface area (Å²) in [4.78, 5) is 0. The molecule has 1 heterocycles. The van der Waals surface area contributed by atoms with Crippen LogP contribution in [0.2, 0.25) is 0 Å². The Labute approximate surface area is 96.0 Å². The van der Waals surface area contributed by atoms with Gasteiger partial charge in [0.15, 0.2) is 0 Å². The first-order valence-corrected chi connectivity index (χ1v) is 8.00. The van der Waals surface area contributed by atoms with Crippen LogP contribution in [0.25, 0.3) is 0 Å². The molecule has 3 aliphatic rings. The van der Waals surface area contributed by atoms with E-state index in [0.717, 1.165) is 10.5 Å². The van der Waals surface area contributed by atoms with Gasteiger partial charge in [0.2, 0.25) is 0 Å². The Morgan fingerprint density at radius 1 is 0.714 bits per heavy atom. The van der Waals surface area contributed by atoms with E-state index in [0.29, 0.717) is 4.08 Å². The molecule has 0 radical (unpaired) electrons. The first-order valence-electron chi connectivity index (χ1n) is 6.24. The minimum absolute atomic E-state index is 0.692. The maximum Gasteiger partial charge on any atom is 0.0617 e. The summed E-state index contributed by atoms with van der Waals surface area (Å²) >= 11 is 4.76. The third kappa shape index (κ3) is 1.73. The summed E-state index contributed by atoms with van der Waals surface area (Å²) in [7, 11) is 0. The van der Waals surface area contributed by atoms with Crippen LogP contribution < -0.4 is 0 Å². The second-order valence-electron chi connectivity index (χ2n) is 5.07. The monoisotopic (exact) mass is 228 g/mol. The summed E-state index contributed by atoms with van der Waals surface area (Å²) in [6.07, 6.45) is 13.6. The van der Waals surface area contributed by atoms with E-state index in [1.807, 2.05) is 0 Å². The Morgan fingerprint density at radius 2 is 1.29 bits per heavy atom. The van der Waals surface area contributed by atoms with Gasteiger partial charge in [0.05, 0.1) is 4.08 Å². The molecule has 2 heteroatoms. The molecule has 0 aromatic carbocycles. The second kappa shape index (κ2) is 3.93. The molecule has 0 N–H and O–H groups in total. The fourth-order valence-corrected chi connectivity index (χ4v) is 7.83. The van der Waals surface area contributed by atoms with E-state index in [1.165, 1.54) is 57.8 Å². The standard InChI is InChI=1S/C12H20S2/c1-4-8-12(9-5-1)13-10-6-2-3-7-11(10)14-12/h10-11H,1-9H2. The van der Waals surface area contributed by atoms with Crippen LogP contribution in [0, 0.1) is 0 Å². The van der Waals surface area contributed by atoms with Gasteiger partial charge in [-0.15, -0.1) is 23.5 Å². The van der Waals surface area contributed by atoms with Crippen molar-refractivity contribution in [2.45, 2.75) is 72.4 Å². The van der Waals surface area contributed by atoms with Gasteiger partial charge in [0.1, 0.15) is 0 Å². The summed E-state index contributed by atoms with van der Waals surface area (Å²) in [6, 6.07) is 0. The van der Waals surface area contributed by atoms with Crippen molar-refractivity contribution >= 4 is 23.5 Å². The van der Waals surface area contributed by atoms with E-state index in [2.05, 4.69) is 23.5 Å². The average Bonchev–Trinajstić information content (AvgIpc) is 2.56. The molecule has 1 spiro atoms. The summed E-state index contributed by atoms with van der Waals surface area (Å²) in [6.45, 7) is 0. The van der Waals surface area contributed by atoms with Gasteiger partial charge in [0.25, 0.3) is 0 Å². The Kier molecular flexibility index (Phi) is 2.78. The van der Waals surface area contributed by atoms with Gasteiger partial charge < -0.3 is 0 Å². The van der Waals surface area contributed by atoms with Crippen molar-refractivity contribution in [1.29, 1.82) is 0 Å². The molecule has 0 bridgehead atoms. The molecule has 2 saturated carbocycles. The molecule has 14 heavy (non-hydrogen) atoms. The maximum absolute atomic E-state index is 2.38. The Bertz CT molecular complexity index is 192. The van der Waals surface area contributed by atoms with Crippen molar-refractivity contribution in [1.82, 2.24) is 0 Å². The molecule has 0 nitrogen and oxygen atoms in total. The number of hydrogen-bond donors (Lipinski definition) is 0. The molecule has 2 aliphatic carbocycles. The molecular weight excluding hydrogens is 208 g/mol. The normalized spacial score (nSPS) is 41.1. The van der Waals surface area contributed by atoms with Gasteiger partial charge in [-0.2, -0.15) is 0 Å². The zero-order valence-electron chi connectivity index (χ0n) is 8.84. The molecule has 3 rings (SSSR count). The van der Waals surface area contributed by atoms with Crippen molar-refractivity contribution in [3.63, 3.8) is 0 Å². The summed E-state index contributed by atoms with van der Waals surface area (Å²) in [5.74, 6) is 0. The Hall–Kier alpha value is 0.700.